The Morgan fingerprint density at radius 3 is 2.31 bits per heavy atom. The number of benzene rings is 3. The van der Waals surface area contributed by atoms with Gasteiger partial charge in [-0.05, 0) is 55.5 Å². The Bertz CT molecular complexity index is 1290. The quantitative estimate of drug-likeness (QED) is 0.349. The fourth-order valence-corrected chi connectivity index (χ4v) is 4.07. The van der Waals surface area contributed by atoms with Crippen molar-refractivity contribution in [3.63, 3.8) is 0 Å². The van der Waals surface area contributed by atoms with Gasteiger partial charge in [0.05, 0.1) is 22.9 Å². The molecule has 178 valence electrons. The molecule has 0 radical (unpaired) electrons. The second-order valence-corrected chi connectivity index (χ2v) is 8.96. The maximum atomic E-state index is 13.4. The monoisotopic (exact) mass is 488 g/mol. The van der Waals surface area contributed by atoms with E-state index in [1.165, 1.54) is 23.9 Å². The van der Waals surface area contributed by atoms with Crippen molar-refractivity contribution in [3.05, 3.63) is 102 Å². The van der Waals surface area contributed by atoms with Gasteiger partial charge in [-0.1, -0.05) is 35.9 Å². The molecule has 2 N–H and O–H groups in total. The summed E-state index contributed by atoms with van der Waals surface area (Å²) in [6, 6.07) is 23.3. The molecule has 0 fully saturated rings. The minimum Gasteiger partial charge on any atom is -0.351 e. The third-order valence-electron chi connectivity index (χ3n) is 5.21. The van der Waals surface area contributed by atoms with Crippen LogP contribution >= 0.6 is 11.8 Å². The van der Waals surface area contributed by atoms with E-state index in [1.807, 2.05) is 67.7 Å². The lowest BCUT2D eigenvalue weighted by atomic mass is 10.1. The van der Waals surface area contributed by atoms with Crippen LogP contribution in [0.25, 0.3) is 16.9 Å². The number of carbonyl (C=O) groups is 2. The highest BCUT2D eigenvalue weighted by Gasteiger charge is 2.14. The third kappa shape index (κ3) is 6.80. The lowest BCUT2D eigenvalue weighted by Gasteiger charge is -2.07. The number of hydrogen-bond donors (Lipinski definition) is 2. The fraction of sp³-hybridized carbons (Fsp3) is 0.148. The van der Waals surface area contributed by atoms with Gasteiger partial charge in [0.25, 0.3) is 0 Å². The van der Waals surface area contributed by atoms with Gasteiger partial charge in [0, 0.05) is 29.6 Å². The molecule has 1 aromatic heterocycles. The van der Waals surface area contributed by atoms with Crippen LogP contribution in [0.15, 0.2) is 85.1 Å². The summed E-state index contributed by atoms with van der Waals surface area (Å²) in [6.07, 6.45) is 1.86. The topological polar surface area (TPSA) is 76.0 Å². The summed E-state index contributed by atoms with van der Waals surface area (Å²) in [4.78, 5) is 24.5. The van der Waals surface area contributed by atoms with Crippen molar-refractivity contribution in [3.8, 4) is 16.9 Å². The Morgan fingerprint density at radius 2 is 1.60 bits per heavy atom. The second-order valence-electron chi connectivity index (χ2n) is 7.97. The van der Waals surface area contributed by atoms with Crippen LogP contribution in [0.4, 0.5) is 10.1 Å². The molecule has 2 amide bonds. The average molecular weight is 489 g/mol. The number of rotatable bonds is 9. The van der Waals surface area contributed by atoms with Crippen molar-refractivity contribution < 1.29 is 14.0 Å². The molecule has 0 atom stereocenters. The van der Waals surface area contributed by atoms with Crippen LogP contribution < -0.4 is 10.6 Å². The summed E-state index contributed by atoms with van der Waals surface area (Å²) in [7, 11) is 0. The molecule has 3 aromatic carbocycles. The Balaban J connectivity index is 1.35. The van der Waals surface area contributed by atoms with Crippen molar-refractivity contribution in [1.82, 2.24) is 15.1 Å². The molecule has 4 rings (SSSR count). The van der Waals surface area contributed by atoms with Crippen molar-refractivity contribution in [1.29, 1.82) is 0 Å². The summed E-state index contributed by atoms with van der Waals surface area (Å²) in [5.41, 5.74) is 4.95. The highest BCUT2D eigenvalue weighted by molar-refractivity contribution is 8.00. The second kappa shape index (κ2) is 11.5. The number of aryl methyl sites for hydroxylation is 1. The molecule has 0 bridgehead atoms. The average Bonchev–Trinajstić information content (AvgIpc) is 3.29. The van der Waals surface area contributed by atoms with Gasteiger partial charge in [0.15, 0.2) is 0 Å². The highest BCUT2D eigenvalue weighted by Crippen LogP contribution is 2.24. The van der Waals surface area contributed by atoms with E-state index in [0.29, 0.717) is 5.69 Å². The van der Waals surface area contributed by atoms with Crippen molar-refractivity contribution in [2.45, 2.75) is 13.5 Å². The number of amides is 2. The molecular weight excluding hydrogens is 463 g/mol. The molecule has 0 aliphatic rings. The Hall–Kier alpha value is -3.91. The van der Waals surface area contributed by atoms with Gasteiger partial charge in [0.1, 0.15) is 5.82 Å². The molecule has 0 spiro atoms. The predicted octanol–water partition coefficient (Wildman–Crippen LogP) is 4.97. The van der Waals surface area contributed by atoms with Gasteiger partial charge in [-0.2, -0.15) is 5.10 Å². The molecule has 8 heteroatoms. The zero-order valence-electron chi connectivity index (χ0n) is 19.2. The first-order valence-electron chi connectivity index (χ1n) is 11.1. The van der Waals surface area contributed by atoms with Crippen molar-refractivity contribution >= 4 is 29.3 Å². The largest absolute Gasteiger partial charge is 0.351 e. The Labute approximate surface area is 207 Å². The van der Waals surface area contributed by atoms with Crippen molar-refractivity contribution in [2.24, 2.45) is 0 Å². The summed E-state index contributed by atoms with van der Waals surface area (Å²) < 4.78 is 15.2. The number of anilines is 1. The minimum atomic E-state index is -0.325. The molecule has 0 unspecified atom stereocenters. The van der Waals surface area contributed by atoms with Gasteiger partial charge in [-0.25, -0.2) is 9.07 Å². The summed E-state index contributed by atoms with van der Waals surface area (Å²) >= 11 is 1.24. The molecule has 6 nitrogen and oxygen atoms in total. The summed E-state index contributed by atoms with van der Waals surface area (Å²) in [5, 5.41) is 10.4. The standard InChI is InChI=1S/C27H25FN4O2S/c1-19-7-13-23(14-8-19)30-26(34)18-35-17-25(33)29-15-21-16-32(24-5-3-2-4-6-24)31-27(21)20-9-11-22(28)12-10-20/h2-14,16H,15,17-18H2,1H3,(H,29,33)(H,30,34). The van der Waals surface area contributed by atoms with Crippen LogP contribution in [0.5, 0.6) is 0 Å². The summed E-state index contributed by atoms with van der Waals surface area (Å²) in [5.74, 6) is -0.340. The predicted molar refractivity (Wildman–Crippen MR) is 138 cm³/mol. The molecule has 35 heavy (non-hydrogen) atoms. The first-order valence-corrected chi connectivity index (χ1v) is 12.2. The van der Waals surface area contributed by atoms with Gasteiger partial charge >= 0.3 is 0 Å². The van der Waals surface area contributed by atoms with Gasteiger partial charge in [-0.3, -0.25) is 9.59 Å². The van der Waals surface area contributed by atoms with Crippen LogP contribution in [0.2, 0.25) is 0 Å². The number of halogens is 1. The Kier molecular flexibility index (Phi) is 7.95. The normalized spacial score (nSPS) is 10.7. The van der Waals surface area contributed by atoms with Crippen LogP contribution in [0, 0.1) is 12.7 Å². The van der Waals surface area contributed by atoms with Gasteiger partial charge < -0.3 is 10.6 Å². The van der Waals surface area contributed by atoms with E-state index in [0.717, 1.165) is 28.1 Å². The number of aromatic nitrogens is 2. The minimum absolute atomic E-state index is 0.153. The SMILES string of the molecule is Cc1ccc(NC(=O)CSCC(=O)NCc2cn(-c3ccccc3)nc2-c2ccc(F)cc2)cc1. The third-order valence-corrected chi connectivity index (χ3v) is 6.14. The summed E-state index contributed by atoms with van der Waals surface area (Å²) in [6.45, 7) is 2.24. The fourth-order valence-electron chi connectivity index (χ4n) is 3.42. The van der Waals surface area contributed by atoms with E-state index < -0.39 is 0 Å². The Morgan fingerprint density at radius 1 is 0.914 bits per heavy atom. The molecular formula is C27H25FN4O2S. The molecule has 4 aromatic rings. The highest BCUT2D eigenvalue weighted by atomic mass is 32.2. The van der Waals surface area contributed by atoms with Crippen molar-refractivity contribution in [2.75, 3.05) is 16.8 Å². The van der Waals surface area contributed by atoms with E-state index in [1.54, 1.807) is 16.8 Å². The zero-order valence-corrected chi connectivity index (χ0v) is 20.0. The van der Waals surface area contributed by atoms with Crippen LogP contribution in [-0.2, 0) is 16.1 Å². The number of carbonyl (C=O) groups excluding carboxylic acids is 2. The van der Waals surface area contributed by atoms with Crippen LogP contribution in [-0.4, -0.2) is 33.1 Å². The van der Waals surface area contributed by atoms with Gasteiger partial charge in [0.2, 0.25) is 11.8 Å². The smallest absolute Gasteiger partial charge is 0.234 e. The number of hydrogen-bond acceptors (Lipinski definition) is 4. The number of thioether (sulfide) groups is 1. The number of nitrogens with zero attached hydrogens (tertiary/aromatic N) is 2. The number of nitrogens with one attached hydrogen (secondary N) is 2. The van der Waals surface area contributed by atoms with Crippen LogP contribution in [0.1, 0.15) is 11.1 Å². The van der Waals surface area contributed by atoms with Gasteiger partial charge in [-0.15, -0.1) is 11.8 Å². The molecule has 0 saturated heterocycles. The maximum Gasteiger partial charge on any atom is 0.234 e. The van der Waals surface area contributed by atoms with Crippen LogP contribution in [0.3, 0.4) is 0 Å². The first-order chi connectivity index (χ1) is 17.0. The lowest BCUT2D eigenvalue weighted by molar-refractivity contribution is -0.118. The van der Waals surface area contributed by atoms with E-state index in [9.17, 15) is 14.0 Å². The van der Waals surface area contributed by atoms with E-state index >= 15 is 0 Å². The number of para-hydroxylation sites is 1. The van der Waals surface area contributed by atoms with E-state index in [2.05, 4.69) is 15.7 Å². The maximum absolute atomic E-state index is 13.4. The first kappa shape index (κ1) is 24.2. The van der Waals surface area contributed by atoms with E-state index in [-0.39, 0.29) is 35.7 Å². The molecule has 0 saturated carbocycles. The zero-order chi connectivity index (χ0) is 24.6. The van der Waals surface area contributed by atoms with E-state index in [4.69, 9.17) is 0 Å². The molecule has 0 aliphatic carbocycles. The molecule has 1 heterocycles. The molecule has 0 aliphatic heterocycles. The lowest BCUT2D eigenvalue weighted by Crippen LogP contribution is -2.25.